The van der Waals surface area contributed by atoms with Crippen molar-refractivity contribution < 1.29 is 22.8 Å². The molecule has 1 amide bonds. The number of H-pyrrole nitrogens is 1. The summed E-state index contributed by atoms with van der Waals surface area (Å²) in [6.45, 7) is 2.67. The molecule has 6 nitrogen and oxygen atoms in total. The Morgan fingerprint density at radius 1 is 1.05 bits per heavy atom. The van der Waals surface area contributed by atoms with E-state index in [1.165, 1.54) is 17.7 Å². The number of hydrogen-bond acceptors (Lipinski definition) is 4. The monoisotopic (exact) mass is 510 g/mol. The summed E-state index contributed by atoms with van der Waals surface area (Å²) >= 11 is 0. The summed E-state index contributed by atoms with van der Waals surface area (Å²) in [5.41, 5.74) is 3.38. The van der Waals surface area contributed by atoms with E-state index in [0.29, 0.717) is 31.8 Å². The summed E-state index contributed by atoms with van der Waals surface area (Å²) in [5, 5.41) is 0. The molecule has 2 aliphatic rings. The van der Waals surface area contributed by atoms with Crippen LogP contribution in [0.4, 0.5) is 13.2 Å². The number of halogens is 3. The second kappa shape index (κ2) is 10.9. The van der Waals surface area contributed by atoms with E-state index in [1.54, 1.807) is 4.90 Å². The molecule has 2 aliphatic heterocycles. The summed E-state index contributed by atoms with van der Waals surface area (Å²) in [4.78, 5) is 36.5. The number of nitrogens with zero attached hydrogens (tertiary/aromatic N) is 3. The van der Waals surface area contributed by atoms with E-state index >= 15 is 0 Å². The average molecular weight is 511 g/mol. The van der Waals surface area contributed by atoms with Gasteiger partial charge in [-0.2, -0.15) is 0 Å². The fourth-order valence-corrected chi connectivity index (χ4v) is 5.70. The maximum Gasteiger partial charge on any atom is 0.246 e. The lowest BCUT2D eigenvalue weighted by Gasteiger charge is -2.41. The number of rotatable bonds is 6. The fraction of sp³-hybridized carbons (Fsp3) is 0.393. The number of aromatic amines is 1. The third kappa shape index (κ3) is 5.32. The molecule has 194 valence electrons. The number of piperidine rings is 2. The van der Waals surface area contributed by atoms with E-state index in [9.17, 15) is 22.8 Å². The van der Waals surface area contributed by atoms with Gasteiger partial charge in [0.05, 0.1) is 17.1 Å². The molecule has 3 aromatic rings. The lowest BCUT2D eigenvalue weighted by atomic mass is 9.85. The number of amides is 1. The van der Waals surface area contributed by atoms with Gasteiger partial charge in [-0.05, 0) is 92.1 Å². The van der Waals surface area contributed by atoms with E-state index in [-0.39, 0.29) is 23.4 Å². The van der Waals surface area contributed by atoms with Gasteiger partial charge in [-0.15, -0.1) is 0 Å². The first-order valence-electron chi connectivity index (χ1n) is 12.7. The summed E-state index contributed by atoms with van der Waals surface area (Å²) < 4.78 is 39.9. The van der Waals surface area contributed by atoms with Crippen molar-refractivity contribution in [1.29, 1.82) is 0 Å². The van der Waals surface area contributed by atoms with Gasteiger partial charge in [-0.1, -0.05) is 0 Å². The van der Waals surface area contributed by atoms with Gasteiger partial charge in [-0.3, -0.25) is 14.7 Å². The Kier molecular flexibility index (Phi) is 7.41. The number of benzene rings is 1. The highest BCUT2D eigenvalue weighted by Crippen LogP contribution is 2.34. The zero-order valence-electron chi connectivity index (χ0n) is 20.4. The lowest BCUT2D eigenvalue weighted by molar-refractivity contribution is -0.128. The van der Waals surface area contributed by atoms with E-state index in [0.717, 1.165) is 55.4 Å². The third-order valence-electron chi connectivity index (χ3n) is 7.75. The molecule has 4 heterocycles. The Labute approximate surface area is 213 Å². The molecule has 0 saturated carbocycles. The first-order chi connectivity index (χ1) is 17.9. The first-order valence-corrected chi connectivity index (χ1v) is 12.7. The average Bonchev–Trinajstić information content (AvgIpc) is 3.36. The smallest absolute Gasteiger partial charge is 0.246 e. The number of carbonyl (C=O) groups is 2. The summed E-state index contributed by atoms with van der Waals surface area (Å²) in [6, 6.07) is 5.46. The number of likely N-dealkylation sites (tertiary alicyclic amines) is 2. The molecule has 37 heavy (non-hydrogen) atoms. The molecule has 1 N–H and O–H groups in total. The van der Waals surface area contributed by atoms with Crippen molar-refractivity contribution in [1.82, 2.24) is 19.8 Å². The quantitative estimate of drug-likeness (QED) is 0.297. The Morgan fingerprint density at radius 2 is 1.76 bits per heavy atom. The SMILES string of the molecule is O=CC(C1CCN(C(=O)/C=C/c2cc(F)c(F)c(F)c2)CC1)N1CCC(c2c[nH]c3cccnc23)CC1. The van der Waals surface area contributed by atoms with Gasteiger partial charge in [0.2, 0.25) is 5.91 Å². The minimum Gasteiger partial charge on any atom is -0.360 e. The minimum atomic E-state index is -1.53. The minimum absolute atomic E-state index is 0.0764. The normalized spacial score (nSPS) is 19.1. The van der Waals surface area contributed by atoms with Crippen LogP contribution in [0.5, 0.6) is 0 Å². The maximum atomic E-state index is 13.4. The predicted molar refractivity (Wildman–Crippen MR) is 134 cm³/mol. The van der Waals surface area contributed by atoms with Gasteiger partial charge in [-0.25, -0.2) is 13.2 Å². The van der Waals surface area contributed by atoms with Crippen LogP contribution in [-0.4, -0.2) is 64.2 Å². The number of fused-ring (bicyclic) bond motifs is 1. The van der Waals surface area contributed by atoms with Crippen LogP contribution in [0.1, 0.15) is 42.7 Å². The molecule has 0 spiro atoms. The molecule has 2 fully saturated rings. The molecule has 1 unspecified atom stereocenters. The van der Waals surface area contributed by atoms with Gasteiger partial charge < -0.3 is 14.7 Å². The van der Waals surface area contributed by atoms with Crippen LogP contribution in [-0.2, 0) is 9.59 Å². The maximum absolute atomic E-state index is 13.4. The molecule has 0 radical (unpaired) electrons. The van der Waals surface area contributed by atoms with Gasteiger partial charge in [0, 0.05) is 31.6 Å². The highest BCUT2D eigenvalue weighted by atomic mass is 19.2. The molecular formula is C28H29F3N4O2. The Balaban J connectivity index is 1.14. The van der Waals surface area contributed by atoms with Crippen molar-refractivity contribution in [3.63, 3.8) is 0 Å². The largest absolute Gasteiger partial charge is 0.360 e. The number of aromatic nitrogens is 2. The Morgan fingerprint density at radius 3 is 2.43 bits per heavy atom. The van der Waals surface area contributed by atoms with E-state index in [4.69, 9.17) is 0 Å². The Bertz CT molecular complexity index is 1280. The molecule has 0 aliphatic carbocycles. The summed E-state index contributed by atoms with van der Waals surface area (Å²) in [5.74, 6) is -3.84. The van der Waals surface area contributed by atoms with Gasteiger partial charge >= 0.3 is 0 Å². The third-order valence-corrected chi connectivity index (χ3v) is 7.75. The standard InChI is InChI=1S/C28H29F3N4O2/c29-22-14-18(15-23(30)27(22)31)3-4-26(37)35-12-7-20(8-13-35)25(17-36)34-10-5-19(6-11-34)21-16-33-24-2-1-9-32-28(21)24/h1-4,9,14-17,19-20,25,33H,5-8,10-13H2/b4-3+. The topological polar surface area (TPSA) is 69.3 Å². The molecule has 0 bridgehead atoms. The zero-order valence-corrected chi connectivity index (χ0v) is 20.4. The number of aldehydes is 1. The summed E-state index contributed by atoms with van der Waals surface area (Å²) in [6.07, 6.45) is 10.8. The highest BCUT2D eigenvalue weighted by Gasteiger charge is 2.34. The van der Waals surface area contributed by atoms with Crippen LogP contribution in [0.3, 0.4) is 0 Å². The molecule has 9 heteroatoms. The number of carbonyl (C=O) groups excluding carboxylic acids is 2. The second-order valence-electron chi connectivity index (χ2n) is 9.88. The van der Waals surface area contributed by atoms with Crippen LogP contribution < -0.4 is 0 Å². The predicted octanol–water partition coefficient (Wildman–Crippen LogP) is 4.68. The molecular weight excluding hydrogens is 481 g/mol. The van der Waals surface area contributed by atoms with Crippen molar-refractivity contribution in [2.75, 3.05) is 26.2 Å². The molecule has 1 atom stereocenters. The van der Waals surface area contributed by atoms with E-state index in [2.05, 4.69) is 21.1 Å². The fourth-order valence-electron chi connectivity index (χ4n) is 5.70. The van der Waals surface area contributed by atoms with Crippen molar-refractivity contribution >= 4 is 29.3 Å². The van der Waals surface area contributed by atoms with Crippen molar-refractivity contribution in [2.45, 2.75) is 37.6 Å². The van der Waals surface area contributed by atoms with Gasteiger partial charge in [0.1, 0.15) is 6.29 Å². The zero-order chi connectivity index (χ0) is 25.9. The molecule has 2 aromatic heterocycles. The first kappa shape index (κ1) is 25.2. The van der Waals surface area contributed by atoms with E-state index < -0.39 is 17.5 Å². The molecule has 2 saturated heterocycles. The number of pyridine rings is 1. The van der Waals surface area contributed by atoms with Gasteiger partial charge in [0.15, 0.2) is 17.5 Å². The Hall–Kier alpha value is -3.46. The lowest BCUT2D eigenvalue weighted by Crippen LogP contribution is -2.49. The van der Waals surface area contributed by atoms with Crippen molar-refractivity contribution in [2.24, 2.45) is 5.92 Å². The highest BCUT2D eigenvalue weighted by molar-refractivity contribution is 5.91. The van der Waals surface area contributed by atoms with Crippen molar-refractivity contribution in [3.05, 3.63) is 71.3 Å². The summed E-state index contributed by atoms with van der Waals surface area (Å²) in [7, 11) is 0. The van der Waals surface area contributed by atoms with Crippen LogP contribution >= 0.6 is 0 Å². The van der Waals surface area contributed by atoms with Gasteiger partial charge in [0.25, 0.3) is 0 Å². The second-order valence-corrected chi connectivity index (χ2v) is 9.88. The molecule has 1 aromatic carbocycles. The van der Waals surface area contributed by atoms with Crippen LogP contribution in [0.25, 0.3) is 17.1 Å². The van der Waals surface area contributed by atoms with Crippen LogP contribution in [0.15, 0.2) is 42.7 Å². The number of hydrogen-bond donors (Lipinski definition) is 1. The molecule has 5 rings (SSSR count). The van der Waals surface area contributed by atoms with Crippen molar-refractivity contribution in [3.8, 4) is 0 Å². The number of nitrogens with one attached hydrogen (secondary N) is 1. The van der Waals surface area contributed by atoms with Crippen LogP contribution in [0, 0.1) is 23.4 Å². The van der Waals surface area contributed by atoms with E-state index in [1.807, 2.05) is 18.3 Å². The van der Waals surface area contributed by atoms with Crippen LogP contribution in [0.2, 0.25) is 0 Å².